The Bertz CT molecular complexity index is 1560. The van der Waals surface area contributed by atoms with Crippen molar-refractivity contribution in [3.05, 3.63) is 63.8 Å². The predicted molar refractivity (Wildman–Crippen MR) is 153 cm³/mol. The Morgan fingerprint density at radius 3 is 2.64 bits per heavy atom. The van der Waals surface area contributed by atoms with E-state index in [0.717, 1.165) is 32.0 Å². The van der Waals surface area contributed by atoms with E-state index in [1.807, 2.05) is 51.1 Å². The Labute approximate surface area is 239 Å². The van der Waals surface area contributed by atoms with Crippen molar-refractivity contribution in [1.29, 1.82) is 0 Å². The number of ether oxygens (including phenoxy) is 2. The average molecular weight is 585 g/mol. The highest BCUT2D eigenvalue weighted by atomic mass is 35.5. The van der Waals surface area contributed by atoms with Gasteiger partial charge in [0.25, 0.3) is 0 Å². The highest BCUT2D eigenvalue weighted by Crippen LogP contribution is 2.65. The zero-order valence-corrected chi connectivity index (χ0v) is 23.9. The average Bonchev–Trinajstić information content (AvgIpc) is 3.21. The predicted octanol–water partition coefficient (Wildman–Crippen LogP) is 6.05. The molecule has 3 N–H and O–H groups in total. The summed E-state index contributed by atoms with van der Waals surface area (Å²) < 4.78 is 13.6. The number of fused-ring (bicyclic) bond motifs is 1. The zero-order valence-electron chi connectivity index (χ0n) is 21.5. The Hall–Kier alpha value is -2.53. The number of hydrogen-bond donors (Lipinski definition) is 3. The number of para-hydroxylation sites is 1. The minimum atomic E-state index is -0.761. The number of aliphatic hydroxyl groups excluding tert-OH is 1. The van der Waals surface area contributed by atoms with Gasteiger partial charge >= 0.3 is 0 Å². The van der Waals surface area contributed by atoms with Crippen molar-refractivity contribution >= 4 is 56.5 Å². The molecule has 4 aromatic rings. The zero-order chi connectivity index (χ0) is 27.1. The van der Waals surface area contributed by atoms with Gasteiger partial charge in [-0.15, -0.1) is 11.3 Å². The van der Waals surface area contributed by atoms with Crippen LogP contribution in [0.25, 0.3) is 20.8 Å². The second-order valence-electron chi connectivity index (χ2n) is 10.9. The maximum absolute atomic E-state index is 10.6. The Balaban J connectivity index is 1.25. The van der Waals surface area contributed by atoms with Crippen LogP contribution < -0.4 is 10.6 Å². The minimum absolute atomic E-state index is 0.0285. The highest BCUT2D eigenvalue weighted by Gasteiger charge is 2.81. The molecule has 5 unspecified atom stereocenters. The number of halogens is 2. The summed E-state index contributed by atoms with van der Waals surface area (Å²) in [5, 5.41) is 19.6. The first-order valence-electron chi connectivity index (χ1n) is 12.9. The fourth-order valence-electron chi connectivity index (χ4n) is 6.16. The van der Waals surface area contributed by atoms with Gasteiger partial charge in [0.1, 0.15) is 22.5 Å². The summed E-state index contributed by atoms with van der Waals surface area (Å²) in [5.41, 5.74) is 2.83. The number of anilines is 2. The van der Waals surface area contributed by atoms with Gasteiger partial charge in [0, 0.05) is 22.5 Å². The number of thiazole rings is 1. The van der Waals surface area contributed by atoms with Crippen LogP contribution in [0.2, 0.25) is 10.0 Å². The molecule has 3 fully saturated rings. The van der Waals surface area contributed by atoms with Crippen molar-refractivity contribution in [3.63, 3.8) is 0 Å². The third-order valence-corrected chi connectivity index (χ3v) is 9.25. The number of aryl methyl sites for hydroxylation is 1. The van der Waals surface area contributed by atoms with Gasteiger partial charge in [-0.05, 0) is 63.1 Å². The van der Waals surface area contributed by atoms with Crippen molar-refractivity contribution in [2.45, 2.75) is 63.4 Å². The summed E-state index contributed by atoms with van der Waals surface area (Å²) >= 11 is 14.0. The molecular weight excluding hydrogens is 557 g/mol. The third-order valence-electron chi connectivity index (χ3n) is 7.76. The van der Waals surface area contributed by atoms with Crippen molar-refractivity contribution < 1.29 is 14.6 Å². The van der Waals surface area contributed by atoms with Crippen LogP contribution in [0.4, 0.5) is 11.8 Å². The van der Waals surface area contributed by atoms with E-state index in [0.29, 0.717) is 34.8 Å². The Morgan fingerprint density at radius 2 is 1.87 bits per heavy atom. The topological polar surface area (TPSA) is 101 Å². The molecule has 1 saturated heterocycles. The molecule has 1 spiro atoms. The standard InChI is InChI=1S/C28H27Cl2N5O3S/c1-13-21(25-34-18-6-4-5-7-20(18)39-25)24(35-26(32-13)31-12-14-8-15(29)10-16(30)9-14)33-19-11-17-22(36)28(17)23(19)37-27(2,3)38-28/h4-10,17,19,22-23,36H,11-12H2,1-3H3,(H2,31,32,33,35). The van der Waals surface area contributed by atoms with Gasteiger partial charge < -0.3 is 25.2 Å². The summed E-state index contributed by atoms with van der Waals surface area (Å²) in [6.07, 6.45) is -0.0930. The number of nitrogens with one attached hydrogen (secondary N) is 2. The summed E-state index contributed by atoms with van der Waals surface area (Å²) in [5.74, 6) is 0.402. The lowest BCUT2D eigenvalue weighted by atomic mass is 10.1. The van der Waals surface area contributed by atoms with E-state index in [-0.39, 0.29) is 18.1 Å². The van der Waals surface area contributed by atoms with Gasteiger partial charge in [0.2, 0.25) is 5.95 Å². The summed E-state index contributed by atoms with van der Waals surface area (Å²) in [4.78, 5) is 14.6. The summed E-state index contributed by atoms with van der Waals surface area (Å²) in [6, 6.07) is 13.4. The summed E-state index contributed by atoms with van der Waals surface area (Å²) in [7, 11) is 0. The van der Waals surface area contributed by atoms with E-state index in [4.69, 9.17) is 47.6 Å². The van der Waals surface area contributed by atoms with Crippen LogP contribution in [-0.4, -0.2) is 49.7 Å². The second-order valence-corrected chi connectivity index (χ2v) is 12.8. The van der Waals surface area contributed by atoms with Gasteiger partial charge in [0.05, 0.1) is 33.6 Å². The fourth-order valence-corrected chi connectivity index (χ4v) is 7.79. The van der Waals surface area contributed by atoms with Gasteiger partial charge in [-0.3, -0.25) is 0 Å². The number of nitrogens with zero attached hydrogens (tertiary/aromatic N) is 3. The van der Waals surface area contributed by atoms with Gasteiger partial charge in [-0.1, -0.05) is 35.3 Å². The maximum Gasteiger partial charge on any atom is 0.225 e. The molecule has 7 rings (SSSR count). The van der Waals surface area contributed by atoms with Crippen LogP contribution in [0.5, 0.6) is 0 Å². The fraction of sp³-hybridized carbons (Fsp3) is 0.393. The molecule has 2 aromatic carbocycles. The van der Waals surface area contributed by atoms with Gasteiger partial charge in [-0.2, -0.15) is 4.98 Å². The molecule has 0 amide bonds. The number of rotatable bonds is 6. The van der Waals surface area contributed by atoms with Crippen LogP contribution in [0.1, 0.15) is 31.5 Å². The van der Waals surface area contributed by atoms with Crippen LogP contribution in [0.15, 0.2) is 42.5 Å². The molecule has 3 heterocycles. The van der Waals surface area contributed by atoms with Gasteiger partial charge in [-0.25, -0.2) is 9.97 Å². The number of aliphatic hydroxyl groups is 1. The van der Waals surface area contributed by atoms with Crippen LogP contribution in [-0.2, 0) is 16.0 Å². The van der Waals surface area contributed by atoms with Crippen LogP contribution >= 0.6 is 34.5 Å². The Morgan fingerprint density at radius 1 is 1.10 bits per heavy atom. The number of aromatic nitrogens is 3. The first-order chi connectivity index (χ1) is 18.6. The van der Waals surface area contributed by atoms with Crippen LogP contribution in [0.3, 0.4) is 0 Å². The van der Waals surface area contributed by atoms with E-state index < -0.39 is 17.5 Å². The molecule has 11 heteroatoms. The normalized spacial score (nSPS) is 28.4. The van der Waals surface area contributed by atoms with Crippen LogP contribution in [0, 0.1) is 12.8 Å². The van der Waals surface area contributed by atoms with Crippen molar-refractivity contribution in [3.8, 4) is 10.6 Å². The van der Waals surface area contributed by atoms with Crippen molar-refractivity contribution in [1.82, 2.24) is 15.0 Å². The smallest absolute Gasteiger partial charge is 0.225 e. The van der Waals surface area contributed by atoms with Crippen molar-refractivity contribution in [2.75, 3.05) is 10.6 Å². The minimum Gasteiger partial charge on any atom is -0.390 e. The Kier molecular flexibility index (Phi) is 5.86. The third kappa shape index (κ3) is 4.27. The quantitative estimate of drug-likeness (QED) is 0.252. The molecule has 5 atom stereocenters. The van der Waals surface area contributed by atoms with Crippen molar-refractivity contribution in [2.24, 2.45) is 5.92 Å². The molecule has 1 aliphatic heterocycles. The molecule has 0 bridgehead atoms. The van der Waals surface area contributed by atoms with E-state index in [2.05, 4.69) is 16.7 Å². The summed E-state index contributed by atoms with van der Waals surface area (Å²) in [6.45, 7) is 6.20. The maximum atomic E-state index is 10.6. The van der Waals surface area contributed by atoms with E-state index in [1.165, 1.54) is 0 Å². The molecule has 39 heavy (non-hydrogen) atoms. The molecule has 0 radical (unpaired) electrons. The largest absolute Gasteiger partial charge is 0.390 e. The lowest BCUT2D eigenvalue weighted by molar-refractivity contribution is -0.157. The molecule has 2 aromatic heterocycles. The number of hydrogen-bond acceptors (Lipinski definition) is 9. The molecule has 202 valence electrons. The number of benzene rings is 2. The molecule has 8 nitrogen and oxygen atoms in total. The highest BCUT2D eigenvalue weighted by molar-refractivity contribution is 7.21. The first-order valence-corrected chi connectivity index (χ1v) is 14.5. The first kappa shape index (κ1) is 25.4. The molecule has 2 aliphatic carbocycles. The van der Waals surface area contributed by atoms with E-state index >= 15 is 0 Å². The SMILES string of the molecule is Cc1nc(NCc2cc(Cl)cc(Cl)c2)nc(NC2CC3C(O)C34OC(C)(C)OC24)c1-c1nc2ccccc2s1. The molecule has 3 aliphatic rings. The molecular formula is C28H27Cl2N5O3S. The van der Waals surface area contributed by atoms with Gasteiger partial charge in [0.15, 0.2) is 5.79 Å². The van der Waals surface area contributed by atoms with E-state index in [1.54, 1.807) is 17.4 Å². The monoisotopic (exact) mass is 583 g/mol. The lowest BCUT2D eigenvalue weighted by Crippen LogP contribution is -2.40. The lowest BCUT2D eigenvalue weighted by Gasteiger charge is -2.26. The second kappa shape index (κ2) is 8.99. The molecule has 2 saturated carbocycles. The van der Waals surface area contributed by atoms with E-state index in [9.17, 15) is 5.11 Å².